The number of aliphatic hydroxyl groups is 2. The summed E-state index contributed by atoms with van der Waals surface area (Å²) in [4.78, 5) is 22.7. The maximum Gasteiger partial charge on any atom is 0.316 e. The van der Waals surface area contributed by atoms with E-state index in [1.165, 1.54) is 6.92 Å². The van der Waals surface area contributed by atoms with Gasteiger partial charge in [-0.25, -0.2) is 0 Å². The molecule has 1 unspecified atom stereocenters. The number of esters is 2. The third-order valence-corrected chi connectivity index (χ3v) is 2.84. The van der Waals surface area contributed by atoms with Gasteiger partial charge in [0.05, 0.1) is 19.8 Å². The van der Waals surface area contributed by atoms with Gasteiger partial charge in [0.1, 0.15) is 11.5 Å². The highest BCUT2D eigenvalue weighted by Gasteiger charge is 2.35. The SMILES string of the molecule is CC(CO)(CO)C(=O)OC1CCOC(=O)CC1. The highest BCUT2D eigenvalue weighted by Crippen LogP contribution is 2.21. The summed E-state index contributed by atoms with van der Waals surface area (Å²) >= 11 is 0. The van der Waals surface area contributed by atoms with Crippen LogP contribution in [0.2, 0.25) is 0 Å². The Hall–Kier alpha value is -1.14. The normalized spacial score (nSPS) is 21.6. The van der Waals surface area contributed by atoms with Gasteiger partial charge in [-0.2, -0.15) is 0 Å². The van der Waals surface area contributed by atoms with Gasteiger partial charge in [0.25, 0.3) is 0 Å². The van der Waals surface area contributed by atoms with Crippen molar-refractivity contribution in [3.05, 3.63) is 0 Å². The number of hydrogen-bond donors (Lipinski definition) is 2. The van der Waals surface area contributed by atoms with E-state index < -0.39 is 30.7 Å². The number of ether oxygens (including phenoxy) is 2. The fraction of sp³-hybridized carbons (Fsp3) is 0.818. The van der Waals surface area contributed by atoms with E-state index in [0.717, 1.165) is 0 Å². The second kappa shape index (κ2) is 5.97. The number of carbonyl (C=O) groups is 2. The summed E-state index contributed by atoms with van der Waals surface area (Å²) in [5.74, 6) is -0.947. The molecule has 0 aromatic carbocycles. The predicted octanol–water partition coefficient (Wildman–Crippen LogP) is -0.384. The molecular weight excluding hydrogens is 228 g/mol. The van der Waals surface area contributed by atoms with Crippen LogP contribution in [0.5, 0.6) is 0 Å². The molecule has 1 rings (SSSR count). The molecule has 0 aromatic rings. The molecule has 1 fully saturated rings. The van der Waals surface area contributed by atoms with Crippen molar-refractivity contribution in [2.75, 3.05) is 19.8 Å². The van der Waals surface area contributed by atoms with Crippen molar-refractivity contribution >= 4 is 11.9 Å². The molecule has 1 heterocycles. The number of rotatable bonds is 4. The van der Waals surface area contributed by atoms with Crippen molar-refractivity contribution in [3.63, 3.8) is 0 Å². The Morgan fingerprint density at radius 3 is 2.71 bits per heavy atom. The zero-order chi connectivity index (χ0) is 12.9. The molecular formula is C11H18O6. The molecule has 0 saturated carbocycles. The van der Waals surface area contributed by atoms with Gasteiger partial charge in [0.15, 0.2) is 0 Å². The molecule has 98 valence electrons. The van der Waals surface area contributed by atoms with Crippen LogP contribution in [0.4, 0.5) is 0 Å². The molecule has 1 atom stereocenters. The average Bonchev–Trinajstić information content (AvgIpc) is 2.53. The van der Waals surface area contributed by atoms with Crippen LogP contribution >= 0.6 is 0 Å². The Kier molecular flexibility index (Phi) is 4.89. The Bertz CT molecular complexity index is 284. The summed E-state index contributed by atoms with van der Waals surface area (Å²) in [6.45, 7) is 0.689. The molecule has 2 N–H and O–H groups in total. The van der Waals surface area contributed by atoms with Gasteiger partial charge in [-0.05, 0) is 13.3 Å². The second-order valence-corrected chi connectivity index (χ2v) is 4.45. The number of hydrogen-bond acceptors (Lipinski definition) is 6. The molecule has 6 heteroatoms. The first kappa shape index (κ1) is 13.9. The van der Waals surface area contributed by atoms with Crippen LogP contribution in [0.3, 0.4) is 0 Å². The summed E-state index contributed by atoms with van der Waals surface area (Å²) < 4.78 is 10.00. The lowest BCUT2D eigenvalue weighted by molar-refractivity contribution is -0.166. The third-order valence-electron chi connectivity index (χ3n) is 2.84. The highest BCUT2D eigenvalue weighted by atomic mass is 16.6. The van der Waals surface area contributed by atoms with Gasteiger partial charge in [-0.3, -0.25) is 9.59 Å². The first-order valence-corrected chi connectivity index (χ1v) is 5.60. The molecule has 1 aliphatic heterocycles. The zero-order valence-electron chi connectivity index (χ0n) is 9.85. The van der Waals surface area contributed by atoms with E-state index in [9.17, 15) is 9.59 Å². The van der Waals surface area contributed by atoms with Gasteiger partial charge in [-0.1, -0.05) is 0 Å². The van der Waals surface area contributed by atoms with Gasteiger partial charge < -0.3 is 19.7 Å². The first-order valence-electron chi connectivity index (χ1n) is 5.60. The molecule has 1 aliphatic rings. The quantitative estimate of drug-likeness (QED) is 0.657. The van der Waals surface area contributed by atoms with Crippen molar-refractivity contribution in [2.24, 2.45) is 5.41 Å². The molecule has 6 nitrogen and oxygen atoms in total. The maximum atomic E-state index is 11.7. The van der Waals surface area contributed by atoms with E-state index in [1.807, 2.05) is 0 Å². The number of carbonyl (C=O) groups excluding carboxylic acids is 2. The first-order chi connectivity index (χ1) is 8.01. The monoisotopic (exact) mass is 246 g/mol. The van der Waals surface area contributed by atoms with Gasteiger partial charge in [-0.15, -0.1) is 0 Å². The molecule has 0 bridgehead atoms. The predicted molar refractivity (Wildman–Crippen MR) is 57.0 cm³/mol. The van der Waals surface area contributed by atoms with E-state index in [0.29, 0.717) is 12.8 Å². The fourth-order valence-corrected chi connectivity index (χ4v) is 1.39. The molecule has 17 heavy (non-hydrogen) atoms. The summed E-state index contributed by atoms with van der Waals surface area (Å²) in [7, 11) is 0. The Morgan fingerprint density at radius 1 is 1.47 bits per heavy atom. The van der Waals surface area contributed by atoms with Gasteiger partial charge in [0.2, 0.25) is 0 Å². The van der Waals surface area contributed by atoms with Crippen molar-refractivity contribution in [1.29, 1.82) is 0 Å². The summed E-state index contributed by atoms with van der Waals surface area (Å²) in [6.07, 6.45) is 0.681. The van der Waals surface area contributed by atoms with Crippen LogP contribution < -0.4 is 0 Å². The van der Waals surface area contributed by atoms with Crippen LogP contribution in [-0.4, -0.2) is 48.1 Å². The summed E-state index contributed by atoms with van der Waals surface area (Å²) in [5, 5.41) is 18.1. The average molecular weight is 246 g/mol. The van der Waals surface area contributed by atoms with Crippen LogP contribution in [0.15, 0.2) is 0 Å². The van der Waals surface area contributed by atoms with Crippen molar-refractivity contribution < 1.29 is 29.3 Å². The molecule has 0 aromatic heterocycles. The van der Waals surface area contributed by atoms with E-state index >= 15 is 0 Å². The van der Waals surface area contributed by atoms with Crippen LogP contribution in [0.1, 0.15) is 26.2 Å². The lowest BCUT2D eigenvalue weighted by atomic mass is 9.93. The Labute approximate surface area is 99.5 Å². The summed E-state index contributed by atoms with van der Waals surface area (Å²) in [6, 6.07) is 0. The van der Waals surface area contributed by atoms with Crippen LogP contribution in [0, 0.1) is 5.41 Å². The van der Waals surface area contributed by atoms with Gasteiger partial charge in [0, 0.05) is 12.8 Å². The molecule has 0 amide bonds. The fourth-order valence-electron chi connectivity index (χ4n) is 1.39. The number of aliphatic hydroxyl groups excluding tert-OH is 2. The van der Waals surface area contributed by atoms with Crippen molar-refractivity contribution in [2.45, 2.75) is 32.3 Å². The lowest BCUT2D eigenvalue weighted by Crippen LogP contribution is -2.39. The van der Waals surface area contributed by atoms with Crippen molar-refractivity contribution in [1.82, 2.24) is 0 Å². The van der Waals surface area contributed by atoms with E-state index in [-0.39, 0.29) is 19.0 Å². The second-order valence-electron chi connectivity index (χ2n) is 4.45. The van der Waals surface area contributed by atoms with Gasteiger partial charge >= 0.3 is 11.9 Å². The Morgan fingerprint density at radius 2 is 2.12 bits per heavy atom. The minimum absolute atomic E-state index is 0.215. The van der Waals surface area contributed by atoms with E-state index in [4.69, 9.17) is 19.7 Å². The maximum absolute atomic E-state index is 11.7. The Balaban J connectivity index is 2.53. The molecule has 0 aliphatic carbocycles. The van der Waals surface area contributed by atoms with Crippen LogP contribution in [0.25, 0.3) is 0 Å². The molecule has 0 radical (unpaired) electrons. The minimum atomic E-state index is -1.29. The lowest BCUT2D eigenvalue weighted by Gasteiger charge is -2.25. The number of cyclic esters (lactones) is 1. The van der Waals surface area contributed by atoms with Crippen LogP contribution in [-0.2, 0) is 19.1 Å². The van der Waals surface area contributed by atoms with Crippen molar-refractivity contribution in [3.8, 4) is 0 Å². The smallest absolute Gasteiger partial charge is 0.316 e. The summed E-state index contributed by atoms with van der Waals surface area (Å²) in [5.41, 5.74) is -1.29. The zero-order valence-corrected chi connectivity index (χ0v) is 9.85. The van der Waals surface area contributed by atoms with E-state index in [1.54, 1.807) is 0 Å². The van der Waals surface area contributed by atoms with E-state index in [2.05, 4.69) is 0 Å². The standard InChI is InChI=1S/C11H18O6/c1-11(6-12,7-13)10(15)17-8-2-3-9(14)16-5-4-8/h8,12-13H,2-7H2,1H3. The minimum Gasteiger partial charge on any atom is -0.466 e. The largest absolute Gasteiger partial charge is 0.466 e. The molecule has 0 spiro atoms. The molecule has 1 saturated heterocycles. The highest BCUT2D eigenvalue weighted by molar-refractivity contribution is 5.77. The third kappa shape index (κ3) is 3.67. The topological polar surface area (TPSA) is 93.1 Å².